The summed E-state index contributed by atoms with van der Waals surface area (Å²) in [7, 11) is 0. The number of hydroxylamine groups is 1. The lowest BCUT2D eigenvalue weighted by Gasteiger charge is -2.33. The van der Waals surface area contributed by atoms with Gasteiger partial charge in [0.05, 0.1) is 5.92 Å². The first-order chi connectivity index (χ1) is 14.6. The third-order valence-electron chi connectivity index (χ3n) is 5.51. The number of aliphatic hydroxyl groups is 1. The molecule has 166 valence electrons. The Morgan fingerprint density at radius 1 is 0.968 bits per heavy atom. The maximum Gasteiger partial charge on any atom is 0.273 e. The molecule has 0 bridgehead atoms. The maximum atomic E-state index is 13.1. The van der Waals surface area contributed by atoms with E-state index in [2.05, 4.69) is 5.32 Å². The number of benzene rings is 2. The van der Waals surface area contributed by atoms with Crippen molar-refractivity contribution in [1.29, 1.82) is 0 Å². The molecule has 8 heteroatoms. The predicted octanol–water partition coefficient (Wildman–Crippen LogP) is 1.71. The number of amides is 3. The molecule has 2 rings (SSSR count). The zero-order valence-corrected chi connectivity index (χ0v) is 17.8. The molecule has 0 aliphatic rings. The largest absolute Gasteiger partial charge is 0.382 e. The highest BCUT2D eigenvalue weighted by atomic mass is 16.5. The van der Waals surface area contributed by atoms with Crippen molar-refractivity contribution in [3.8, 4) is 11.1 Å². The molecule has 0 aromatic heterocycles. The highest BCUT2D eigenvalue weighted by Gasteiger charge is 2.37. The number of aliphatic hydroxyl groups excluding tert-OH is 1. The van der Waals surface area contributed by atoms with E-state index in [1.807, 2.05) is 30.3 Å². The summed E-state index contributed by atoms with van der Waals surface area (Å²) in [4.78, 5) is 36.3. The van der Waals surface area contributed by atoms with E-state index >= 15 is 0 Å². The molecule has 0 aliphatic heterocycles. The second-order valence-corrected chi connectivity index (χ2v) is 8.25. The molecule has 0 saturated carbocycles. The van der Waals surface area contributed by atoms with Crippen LogP contribution >= 0.6 is 0 Å². The number of carbonyl (C=O) groups excluding carboxylic acids is 3. The van der Waals surface area contributed by atoms with Crippen molar-refractivity contribution in [2.45, 2.75) is 45.3 Å². The molecule has 0 saturated heterocycles. The molecule has 31 heavy (non-hydrogen) atoms. The molecule has 3 atom stereocenters. The molecule has 0 heterocycles. The monoisotopic (exact) mass is 427 g/mol. The van der Waals surface area contributed by atoms with E-state index in [0.717, 1.165) is 11.1 Å². The van der Waals surface area contributed by atoms with Crippen LogP contribution in [-0.4, -0.2) is 40.2 Å². The smallest absolute Gasteiger partial charge is 0.273 e. The van der Waals surface area contributed by atoms with Crippen molar-refractivity contribution in [2.75, 3.05) is 0 Å². The third kappa shape index (κ3) is 6.13. The molecular weight excluding hydrogens is 398 g/mol. The molecule has 2 unspecified atom stereocenters. The van der Waals surface area contributed by atoms with E-state index in [0.29, 0.717) is 5.56 Å². The standard InChI is InChI=1S/C23H29N3O5/c1-14(23(2,3)13-18(24)27)25-21(29)19(20(28)22(30)26-31)17-11-9-16(10-12-17)15-7-5-4-6-8-15/h4-12,14,19-20,28,31H,13H2,1-3H3,(H2,24,27)(H,25,29)(H,26,30)/t14-,19?,20?/m0/s1. The van der Waals surface area contributed by atoms with Crippen LogP contribution in [0, 0.1) is 5.41 Å². The van der Waals surface area contributed by atoms with Crippen molar-refractivity contribution in [3.05, 3.63) is 60.2 Å². The Morgan fingerprint density at radius 2 is 1.52 bits per heavy atom. The Bertz CT molecular complexity index is 913. The Kier molecular flexibility index (Phi) is 7.90. The van der Waals surface area contributed by atoms with Gasteiger partial charge in [0.15, 0.2) is 6.10 Å². The second kappa shape index (κ2) is 10.2. The number of hydrogen-bond donors (Lipinski definition) is 5. The van der Waals surface area contributed by atoms with Gasteiger partial charge in [-0.15, -0.1) is 0 Å². The number of hydrogen-bond acceptors (Lipinski definition) is 5. The number of nitrogens with two attached hydrogens (primary N) is 1. The van der Waals surface area contributed by atoms with Gasteiger partial charge in [-0.3, -0.25) is 19.6 Å². The molecule has 0 aliphatic carbocycles. The van der Waals surface area contributed by atoms with Gasteiger partial charge in [-0.1, -0.05) is 68.4 Å². The van der Waals surface area contributed by atoms with Crippen LogP contribution in [0.3, 0.4) is 0 Å². The lowest BCUT2D eigenvalue weighted by Crippen LogP contribution is -2.50. The van der Waals surface area contributed by atoms with E-state index in [-0.39, 0.29) is 6.42 Å². The molecule has 3 amide bonds. The first-order valence-corrected chi connectivity index (χ1v) is 9.93. The molecule has 2 aromatic rings. The fraction of sp³-hybridized carbons (Fsp3) is 0.348. The molecule has 2 aromatic carbocycles. The van der Waals surface area contributed by atoms with Crippen LogP contribution in [0.25, 0.3) is 11.1 Å². The molecular formula is C23H29N3O5. The summed E-state index contributed by atoms with van der Waals surface area (Å²) in [5.74, 6) is -3.49. The highest BCUT2D eigenvalue weighted by Crippen LogP contribution is 2.28. The first-order valence-electron chi connectivity index (χ1n) is 9.93. The highest BCUT2D eigenvalue weighted by molar-refractivity contribution is 5.92. The molecule has 6 N–H and O–H groups in total. The van der Waals surface area contributed by atoms with Gasteiger partial charge in [0.25, 0.3) is 5.91 Å². The normalized spacial score (nSPS) is 14.2. The van der Waals surface area contributed by atoms with E-state index in [4.69, 9.17) is 10.9 Å². The Balaban J connectivity index is 2.31. The summed E-state index contributed by atoms with van der Waals surface area (Å²) in [5.41, 5.74) is 8.31. The number of nitrogens with one attached hydrogen (secondary N) is 2. The van der Waals surface area contributed by atoms with Gasteiger partial charge in [-0.2, -0.15) is 0 Å². The van der Waals surface area contributed by atoms with E-state index < -0.39 is 41.2 Å². The average molecular weight is 428 g/mol. The van der Waals surface area contributed by atoms with Crippen molar-refractivity contribution in [2.24, 2.45) is 11.1 Å². The first kappa shape index (κ1) is 24.0. The second-order valence-electron chi connectivity index (χ2n) is 8.25. The Labute approximate surface area is 181 Å². The van der Waals surface area contributed by atoms with Crippen molar-refractivity contribution < 1.29 is 24.7 Å². The zero-order valence-electron chi connectivity index (χ0n) is 17.8. The SMILES string of the molecule is C[C@H](NC(=O)C(c1ccc(-c2ccccc2)cc1)C(O)C(=O)NO)C(C)(C)CC(N)=O. The summed E-state index contributed by atoms with van der Waals surface area (Å²) in [6.07, 6.45) is -1.77. The van der Waals surface area contributed by atoms with Crippen molar-refractivity contribution >= 4 is 17.7 Å². The topological polar surface area (TPSA) is 142 Å². The summed E-state index contributed by atoms with van der Waals surface area (Å²) in [6.45, 7) is 5.28. The number of carbonyl (C=O) groups is 3. The van der Waals surface area contributed by atoms with Gasteiger partial charge in [-0.05, 0) is 29.0 Å². The zero-order chi connectivity index (χ0) is 23.2. The van der Waals surface area contributed by atoms with Gasteiger partial charge in [-0.25, -0.2) is 5.48 Å². The lowest BCUT2D eigenvalue weighted by molar-refractivity contribution is -0.143. The van der Waals surface area contributed by atoms with E-state index in [1.165, 1.54) is 5.48 Å². The van der Waals surface area contributed by atoms with Gasteiger partial charge in [0.1, 0.15) is 0 Å². The summed E-state index contributed by atoms with van der Waals surface area (Å²) in [5, 5.41) is 22.1. The molecule has 8 nitrogen and oxygen atoms in total. The molecule has 0 fully saturated rings. The van der Waals surface area contributed by atoms with Gasteiger partial charge in [0.2, 0.25) is 11.8 Å². The van der Waals surface area contributed by atoms with E-state index in [1.54, 1.807) is 45.0 Å². The summed E-state index contributed by atoms with van der Waals surface area (Å²) < 4.78 is 0. The summed E-state index contributed by atoms with van der Waals surface area (Å²) >= 11 is 0. The molecule has 0 spiro atoms. The lowest BCUT2D eigenvalue weighted by atomic mass is 9.81. The van der Waals surface area contributed by atoms with E-state index in [9.17, 15) is 19.5 Å². The quantitative estimate of drug-likeness (QED) is 0.306. The average Bonchev–Trinajstić information content (AvgIpc) is 2.73. The minimum atomic E-state index is -1.82. The Morgan fingerprint density at radius 3 is 2.03 bits per heavy atom. The van der Waals surface area contributed by atoms with Crippen LogP contribution in [0.1, 0.15) is 38.7 Å². The van der Waals surface area contributed by atoms with Crippen molar-refractivity contribution in [1.82, 2.24) is 10.8 Å². The third-order valence-corrected chi connectivity index (χ3v) is 5.51. The predicted molar refractivity (Wildman–Crippen MR) is 116 cm³/mol. The van der Waals surface area contributed by atoms with Crippen LogP contribution in [0.4, 0.5) is 0 Å². The fourth-order valence-corrected chi connectivity index (χ4v) is 3.31. The minimum absolute atomic E-state index is 0.0462. The molecule has 0 radical (unpaired) electrons. The van der Waals surface area contributed by atoms with Crippen LogP contribution < -0.4 is 16.5 Å². The maximum absolute atomic E-state index is 13.1. The minimum Gasteiger partial charge on any atom is -0.382 e. The fourth-order valence-electron chi connectivity index (χ4n) is 3.31. The van der Waals surface area contributed by atoms with Crippen molar-refractivity contribution in [3.63, 3.8) is 0 Å². The van der Waals surface area contributed by atoms with Crippen LogP contribution in [0.2, 0.25) is 0 Å². The van der Waals surface area contributed by atoms with Crippen LogP contribution in [-0.2, 0) is 14.4 Å². The van der Waals surface area contributed by atoms with Crippen LogP contribution in [0.15, 0.2) is 54.6 Å². The van der Waals surface area contributed by atoms with Crippen LogP contribution in [0.5, 0.6) is 0 Å². The van der Waals surface area contributed by atoms with Gasteiger partial charge in [0, 0.05) is 12.5 Å². The number of rotatable bonds is 9. The summed E-state index contributed by atoms with van der Waals surface area (Å²) in [6, 6.07) is 16.0. The van der Waals surface area contributed by atoms with Gasteiger partial charge >= 0.3 is 0 Å². The Hall–Kier alpha value is -3.23. The van der Waals surface area contributed by atoms with Gasteiger partial charge < -0.3 is 16.2 Å². The number of primary amides is 1.